The summed E-state index contributed by atoms with van der Waals surface area (Å²) in [6, 6.07) is 16.1. The van der Waals surface area contributed by atoms with E-state index in [-0.39, 0.29) is 17.1 Å². The van der Waals surface area contributed by atoms with Gasteiger partial charge in [0.2, 0.25) is 0 Å². The van der Waals surface area contributed by atoms with E-state index in [0.29, 0.717) is 0 Å². The molecule has 134 valence electrons. The Kier molecular flexibility index (Phi) is 5.68. The van der Waals surface area contributed by atoms with Gasteiger partial charge in [0.15, 0.2) is 0 Å². The van der Waals surface area contributed by atoms with Gasteiger partial charge in [0.25, 0.3) is 0 Å². The third-order valence-electron chi connectivity index (χ3n) is 3.79. The van der Waals surface area contributed by atoms with E-state index < -0.39 is 5.97 Å². The van der Waals surface area contributed by atoms with E-state index in [4.69, 9.17) is 4.84 Å². The van der Waals surface area contributed by atoms with E-state index in [1.807, 2.05) is 42.3 Å². The van der Waals surface area contributed by atoms with Crippen LogP contribution in [0.4, 0.5) is 10.1 Å². The van der Waals surface area contributed by atoms with Crippen LogP contribution in [0.15, 0.2) is 69.7 Å². The second-order valence-corrected chi connectivity index (χ2v) is 6.94. The van der Waals surface area contributed by atoms with Gasteiger partial charge in [-0.2, -0.15) is 5.10 Å². The molecule has 2 aromatic rings. The SMILES string of the molecule is CC(=O)O/N=C/C1C(C)=NN(c2ccccc2)C1Sc1ccc(F)cc1. The second-order valence-electron chi connectivity index (χ2n) is 5.75. The van der Waals surface area contributed by atoms with Crippen LogP contribution in [0.3, 0.4) is 0 Å². The fraction of sp³-hybridized carbons (Fsp3) is 0.211. The van der Waals surface area contributed by atoms with E-state index in [1.165, 1.54) is 19.1 Å². The first-order valence-corrected chi connectivity index (χ1v) is 8.95. The summed E-state index contributed by atoms with van der Waals surface area (Å²) in [5.41, 5.74) is 1.79. The van der Waals surface area contributed by atoms with Crippen LogP contribution in [-0.2, 0) is 9.63 Å². The van der Waals surface area contributed by atoms with E-state index in [9.17, 15) is 9.18 Å². The van der Waals surface area contributed by atoms with Crippen molar-refractivity contribution in [3.8, 4) is 0 Å². The minimum absolute atomic E-state index is 0.137. The number of hydrogen-bond donors (Lipinski definition) is 0. The number of oxime groups is 1. The third-order valence-corrected chi connectivity index (χ3v) is 5.07. The van der Waals surface area contributed by atoms with Crippen molar-refractivity contribution in [3.05, 3.63) is 60.4 Å². The Morgan fingerprint density at radius 2 is 1.92 bits per heavy atom. The Morgan fingerprint density at radius 1 is 1.23 bits per heavy atom. The maximum Gasteiger partial charge on any atom is 0.331 e. The Morgan fingerprint density at radius 3 is 2.58 bits per heavy atom. The van der Waals surface area contributed by atoms with Crippen molar-refractivity contribution in [3.63, 3.8) is 0 Å². The number of benzene rings is 2. The van der Waals surface area contributed by atoms with Gasteiger partial charge in [0.1, 0.15) is 11.2 Å². The minimum atomic E-state index is -0.475. The highest BCUT2D eigenvalue weighted by molar-refractivity contribution is 8.00. The Hall–Kier alpha value is -2.67. The molecule has 0 aliphatic carbocycles. The van der Waals surface area contributed by atoms with Crippen molar-refractivity contribution in [2.45, 2.75) is 24.1 Å². The predicted octanol–water partition coefficient (Wildman–Crippen LogP) is 4.31. The molecule has 7 heteroatoms. The molecule has 0 N–H and O–H groups in total. The zero-order valence-corrected chi connectivity index (χ0v) is 15.2. The lowest BCUT2D eigenvalue weighted by molar-refractivity contribution is -0.140. The number of thioether (sulfide) groups is 1. The fourth-order valence-electron chi connectivity index (χ4n) is 2.56. The number of hydrazone groups is 1. The van der Waals surface area contributed by atoms with Gasteiger partial charge in [-0.15, -0.1) is 0 Å². The number of carbonyl (C=O) groups is 1. The number of rotatable bonds is 5. The summed E-state index contributed by atoms with van der Waals surface area (Å²) in [4.78, 5) is 16.6. The van der Waals surface area contributed by atoms with Gasteiger partial charge in [-0.25, -0.2) is 9.18 Å². The molecule has 2 aromatic carbocycles. The average Bonchev–Trinajstić information content (AvgIpc) is 2.93. The molecule has 3 rings (SSSR count). The van der Waals surface area contributed by atoms with Crippen molar-refractivity contribution in [2.75, 3.05) is 5.01 Å². The van der Waals surface area contributed by atoms with Gasteiger partial charge in [0.05, 0.1) is 17.8 Å². The first-order valence-electron chi connectivity index (χ1n) is 8.07. The molecule has 1 aliphatic rings. The van der Waals surface area contributed by atoms with E-state index in [1.54, 1.807) is 30.1 Å². The van der Waals surface area contributed by atoms with Crippen molar-refractivity contribution in [1.29, 1.82) is 0 Å². The van der Waals surface area contributed by atoms with Crippen LogP contribution < -0.4 is 5.01 Å². The molecule has 0 saturated carbocycles. The standard InChI is InChI=1S/C19H18FN3O2S/c1-13-18(12-21-25-14(2)24)19(26-17-10-8-15(20)9-11-17)23(22-13)16-6-4-3-5-7-16/h3-12,18-19H,1-2H3/b21-12+. The summed E-state index contributed by atoms with van der Waals surface area (Å²) in [5, 5.41) is 10.2. The van der Waals surface area contributed by atoms with Crippen molar-refractivity contribution in [1.82, 2.24) is 0 Å². The largest absolute Gasteiger partial charge is 0.331 e. The van der Waals surface area contributed by atoms with Crippen LogP contribution in [0.25, 0.3) is 0 Å². The number of halogens is 1. The van der Waals surface area contributed by atoms with Crippen LogP contribution in [0.2, 0.25) is 0 Å². The molecule has 5 nitrogen and oxygen atoms in total. The molecule has 0 radical (unpaired) electrons. The molecular formula is C19H18FN3O2S. The van der Waals surface area contributed by atoms with E-state index >= 15 is 0 Å². The number of carbonyl (C=O) groups excluding carboxylic acids is 1. The summed E-state index contributed by atoms with van der Waals surface area (Å²) < 4.78 is 13.2. The minimum Gasteiger partial charge on any atom is -0.319 e. The maximum atomic E-state index is 13.2. The number of nitrogens with zero attached hydrogens (tertiary/aromatic N) is 3. The van der Waals surface area contributed by atoms with Crippen LogP contribution in [0, 0.1) is 11.7 Å². The summed E-state index contributed by atoms with van der Waals surface area (Å²) in [6.45, 7) is 3.21. The predicted molar refractivity (Wildman–Crippen MR) is 102 cm³/mol. The van der Waals surface area contributed by atoms with Gasteiger partial charge in [-0.05, 0) is 43.3 Å². The first-order chi connectivity index (χ1) is 12.5. The van der Waals surface area contributed by atoms with E-state index in [0.717, 1.165) is 16.3 Å². The summed E-state index contributed by atoms with van der Waals surface area (Å²) in [5.74, 6) is -0.915. The van der Waals surface area contributed by atoms with Crippen molar-refractivity contribution < 1.29 is 14.0 Å². The normalized spacial score (nSPS) is 19.7. The molecule has 0 saturated heterocycles. The number of para-hydroxylation sites is 1. The summed E-state index contributed by atoms with van der Waals surface area (Å²) in [7, 11) is 0. The zero-order chi connectivity index (χ0) is 18.5. The average molecular weight is 371 g/mol. The molecule has 2 unspecified atom stereocenters. The smallest absolute Gasteiger partial charge is 0.319 e. The molecule has 2 atom stereocenters. The topological polar surface area (TPSA) is 54.3 Å². The highest BCUT2D eigenvalue weighted by Crippen LogP contribution is 2.38. The third kappa shape index (κ3) is 4.29. The summed E-state index contributed by atoms with van der Waals surface area (Å²) >= 11 is 1.55. The summed E-state index contributed by atoms with van der Waals surface area (Å²) in [6.07, 6.45) is 1.59. The van der Waals surface area contributed by atoms with Gasteiger partial charge in [-0.3, -0.25) is 5.01 Å². The maximum absolute atomic E-state index is 13.2. The molecule has 0 amide bonds. The molecule has 26 heavy (non-hydrogen) atoms. The Bertz CT molecular complexity index is 824. The van der Waals surface area contributed by atoms with Crippen molar-refractivity contribution >= 4 is 35.3 Å². The molecule has 0 fully saturated rings. The number of anilines is 1. The molecule has 0 aromatic heterocycles. The van der Waals surface area contributed by atoms with Gasteiger partial charge < -0.3 is 4.84 Å². The lowest BCUT2D eigenvalue weighted by Crippen LogP contribution is -2.31. The van der Waals surface area contributed by atoms with E-state index in [2.05, 4.69) is 10.3 Å². The monoisotopic (exact) mass is 371 g/mol. The van der Waals surface area contributed by atoms with Crippen LogP contribution >= 0.6 is 11.8 Å². The molecular weight excluding hydrogens is 353 g/mol. The van der Waals surface area contributed by atoms with Crippen LogP contribution in [-0.4, -0.2) is 23.3 Å². The Balaban J connectivity index is 1.89. The van der Waals surface area contributed by atoms with Gasteiger partial charge in [0, 0.05) is 17.5 Å². The number of hydrogen-bond acceptors (Lipinski definition) is 6. The Labute approximate surface area is 155 Å². The van der Waals surface area contributed by atoms with Crippen LogP contribution in [0.1, 0.15) is 13.8 Å². The highest BCUT2D eigenvalue weighted by atomic mass is 32.2. The van der Waals surface area contributed by atoms with Crippen molar-refractivity contribution in [2.24, 2.45) is 16.2 Å². The molecule has 1 aliphatic heterocycles. The first kappa shape index (κ1) is 18.1. The van der Waals surface area contributed by atoms with Gasteiger partial charge in [-0.1, -0.05) is 35.1 Å². The zero-order valence-electron chi connectivity index (χ0n) is 14.4. The molecule has 1 heterocycles. The highest BCUT2D eigenvalue weighted by Gasteiger charge is 2.36. The second kappa shape index (κ2) is 8.14. The fourth-order valence-corrected chi connectivity index (χ4v) is 3.82. The van der Waals surface area contributed by atoms with Gasteiger partial charge >= 0.3 is 5.97 Å². The quantitative estimate of drug-likeness (QED) is 0.447. The molecule has 0 bridgehead atoms. The van der Waals surface area contributed by atoms with Crippen LogP contribution in [0.5, 0.6) is 0 Å². The molecule has 0 spiro atoms. The lowest BCUT2D eigenvalue weighted by atomic mass is 10.1. The lowest BCUT2D eigenvalue weighted by Gasteiger charge is -2.26.